The lowest BCUT2D eigenvalue weighted by Gasteiger charge is -2.24. The van der Waals surface area contributed by atoms with E-state index in [4.69, 9.17) is 4.74 Å². The van der Waals surface area contributed by atoms with Crippen LogP contribution >= 0.6 is 0 Å². The van der Waals surface area contributed by atoms with Gasteiger partial charge in [0.15, 0.2) is 5.69 Å². The first kappa shape index (κ1) is 22.7. The first-order valence-electron chi connectivity index (χ1n) is 11.9. The summed E-state index contributed by atoms with van der Waals surface area (Å²) in [6, 6.07) is 24.9. The molecule has 0 aliphatic carbocycles. The van der Waals surface area contributed by atoms with E-state index in [2.05, 4.69) is 10.00 Å². The van der Waals surface area contributed by atoms with Crippen LogP contribution in [0.5, 0.6) is 5.75 Å². The summed E-state index contributed by atoms with van der Waals surface area (Å²) in [5.41, 5.74) is 2.21. The van der Waals surface area contributed by atoms with Gasteiger partial charge in [-0.3, -0.25) is 9.59 Å². The van der Waals surface area contributed by atoms with Crippen molar-refractivity contribution >= 4 is 22.4 Å². The van der Waals surface area contributed by atoms with Crippen LogP contribution in [0, 0.1) is 0 Å². The maximum atomic E-state index is 13.7. The Balaban J connectivity index is 1.42. The Morgan fingerprint density at radius 1 is 0.857 bits per heavy atom. The van der Waals surface area contributed by atoms with Crippen LogP contribution in [0.2, 0.25) is 0 Å². The van der Waals surface area contributed by atoms with E-state index in [-0.39, 0.29) is 11.5 Å². The molecule has 4 aromatic rings. The summed E-state index contributed by atoms with van der Waals surface area (Å²) < 4.78 is 6.68. The molecule has 7 nitrogen and oxygen atoms in total. The molecule has 1 fully saturated rings. The molecule has 2 heterocycles. The predicted molar refractivity (Wildman–Crippen MR) is 137 cm³/mol. The van der Waals surface area contributed by atoms with Gasteiger partial charge in [0, 0.05) is 37.3 Å². The highest BCUT2D eigenvalue weighted by Crippen LogP contribution is 2.22. The highest BCUT2D eigenvalue weighted by molar-refractivity contribution is 6.04. The summed E-state index contributed by atoms with van der Waals surface area (Å²) in [5.74, 6) is 0.684. The SMILES string of the molecule is COc1ccc(N2CCCN(C(=O)c3nn(Cc4ccccc4)c(=O)c4ccccc34)CC2)cc1. The van der Waals surface area contributed by atoms with E-state index in [1.54, 1.807) is 13.2 Å². The topological polar surface area (TPSA) is 67.7 Å². The number of benzene rings is 3. The lowest BCUT2D eigenvalue weighted by molar-refractivity contribution is 0.0760. The van der Waals surface area contributed by atoms with Gasteiger partial charge in [-0.05, 0) is 42.3 Å². The lowest BCUT2D eigenvalue weighted by Crippen LogP contribution is -2.37. The fraction of sp³-hybridized carbons (Fsp3) is 0.250. The summed E-state index contributed by atoms with van der Waals surface area (Å²) in [6.07, 6.45) is 0.847. The van der Waals surface area contributed by atoms with Crippen molar-refractivity contribution < 1.29 is 9.53 Å². The van der Waals surface area contributed by atoms with Crippen LogP contribution in [-0.4, -0.2) is 53.9 Å². The molecule has 7 heteroatoms. The van der Waals surface area contributed by atoms with Crippen LogP contribution in [0.4, 0.5) is 5.69 Å². The Labute approximate surface area is 204 Å². The molecule has 178 valence electrons. The van der Waals surface area contributed by atoms with E-state index < -0.39 is 0 Å². The highest BCUT2D eigenvalue weighted by atomic mass is 16.5. The molecule has 3 aromatic carbocycles. The third-order valence-corrected chi connectivity index (χ3v) is 6.47. The third kappa shape index (κ3) is 4.75. The van der Waals surface area contributed by atoms with E-state index in [9.17, 15) is 9.59 Å². The number of amides is 1. The number of rotatable bonds is 5. The van der Waals surface area contributed by atoms with E-state index in [1.807, 2.05) is 77.7 Å². The van der Waals surface area contributed by atoms with Gasteiger partial charge in [0.1, 0.15) is 5.75 Å². The zero-order valence-electron chi connectivity index (χ0n) is 19.8. The molecule has 0 radical (unpaired) electrons. The summed E-state index contributed by atoms with van der Waals surface area (Å²) in [6.45, 7) is 3.12. The van der Waals surface area contributed by atoms with Gasteiger partial charge in [-0.1, -0.05) is 48.5 Å². The lowest BCUT2D eigenvalue weighted by atomic mass is 10.1. The van der Waals surface area contributed by atoms with Crippen LogP contribution in [0.3, 0.4) is 0 Å². The summed E-state index contributed by atoms with van der Waals surface area (Å²) in [5, 5.41) is 5.69. The molecule has 0 spiro atoms. The van der Waals surface area contributed by atoms with Crippen molar-refractivity contribution in [3.8, 4) is 5.75 Å². The summed E-state index contributed by atoms with van der Waals surface area (Å²) in [7, 11) is 1.66. The zero-order valence-corrected chi connectivity index (χ0v) is 19.8. The quantitative estimate of drug-likeness (QED) is 0.446. The number of fused-ring (bicyclic) bond motifs is 1. The molecular weight excluding hydrogens is 440 g/mol. The molecule has 1 amide bonds. The van der Waals surface area contributed by atoms with E-state index in [0.717, 1.165) is 36.5 Å². The molecule has 0 atom stereocenters. The van der Waals surface area contributed by atoms with Crippen molar-refractivity contribution in [1.82, 2.24) is 14.7 Å². The minimum atomic E-state index is -0.192. The number of anilines is 1. The van der Waals surface area contributed by atoms with Crippen LogP contribution in [0.25, 0.3) is 10.8 Å². The number of hydrogen-bond donors (Lipinski definition) is 0. The van der Waals surface area contributed by atoms with E-state index in [1.165, 1.54) is 4.68 Å². The molecule has 5 rings (SSSR count). The fourth-order valence-corrected chi connectivity index (χ4v) is 4.58. The van der Waals surface area contributed by atoms with E-state index >= 15 is 0 Å². The Kier molecular flexibility index (Phi) is 6.48. The second kappa shape index (κ2) is 10.0. The summed E-state index contributed by atoms with van der Waals surface area (Å²) in [4.78, 5) is 31.0. The number of aromatic nitrogens is 2. The van der Waals surface area contributed by atoms with Crippen molar-refractivity contribution in [1.29, 1.82) is 0 Å². The molecule has 0 N–H and O–H groups in total. The molecule has 1 aliphatic heterocycles. The van der Waals surface area contributed by atoms with Gasteiger partial charge in [-0.15, -0.1) is 0 Å². The van der Waals surface area contributed by atoms with Crippen molar-refractivity contribution in [2.75, 3.05) is 38.2 Å². The molecular formula is C28H28N4O3. The minimum Gasteiger partial charge on any atom is -0.497 e. The number of nitrogens with zero attached hydrogens (tertiary/aromatic N) is 4. The number of carbonyl (C=O) groups is 1. The Morgan fingerprint density at radius 3 is 2.31 bits per heavy atom. The van der Waals surface area contributed by atoms with Crippen molar-refractivity contribution in [2.45, 2.75) is 13.0 Å². The van der Waals surface area contributed by atoms with Gasteiger partial charge in [0.05, 0.1) is 19.0 Å². The monoisotopic (exact) mass is 468 g/mol. The van der Waals surface area contributed by atoms with Gasteiger partial charge in [0.25, 0.3) is 11.5 Å². The van der Waals surface area contributed by atoms with Crippen molar-refractivity contribution in [2.24, 2.45) is 0 Å². The van der Waals surface area contributed by atoms with Gasteiger partial charge in [-0.25, -0.2) is 4.68 Å². The van der Waals surface area contributed by atoms with Gasteiger partial charge in [-0.2, -0.15) is 5.10 Å². The predicted octanol–water partition coefficient (Wildman–Crippen LogP) is 3.81. The van der Waals surface area contributed by atoms with Gasteiger partial charge >= 0.3 is 0 Å². The van der Waals surface area contributed by atoms with Crippen LogP contribution in [-0.2, 0) is 6.54 Å². The largest absolute Gasteiger partial charge is 0.497 e. The molecule has 1 saturated heterocycles. The Morgan fingerprint density at radius 2 is 1.57 bits per heavy atom. The second-order valence-electron chi connectivity index (χ2n) is 8.67. The number of carbonyl (C=O) groups excluding carboxylic acids is 1. The normalized spacial score (nSPS) is 14.1. The van der Waals surface area contributed by atoms with Crippen LogP contribution in [0.1, 0.15) is 22.5 Å². The van der Waals surface area contributed by atoms with Crippen molar-refractivity contribution in [3.63, 3.8) is 0 Å². The maximum Gasteiger partial charge on any atom is 0.275 e. The molecule has 1 aromatic heterocycles. The Bertz CT molecular complexity index is 1380. The first-order chi connectivity index (χ1) is 17.1. The average Bonchev–Trinajstić information content (AvgIpc) is 3.17. The smallest absolute Gasteiger partial charge is 0.275 e. The molecule has 0 saturated carbocycles. The molecule has 0 bridgehead atoms. The van der Waals surface area contributed by atoms with Gasteiger partial charge < -0.3 is 14.5 Å². The van der Waals surface area contributed by atoms with Crippen LogP contribution < -0.4 is 15.2 Å². The second-order valence-corrected chi connectivity index (χ2v) is 8.67. The number of ether oxygens (including phenoxy) is 1. The zero-order chi connectivity index (χ0) is 24.2. The van der Waals surface area contributed by atoms with Crippen LogP contribution in [0.15, 0.2) is 83.7 Å². The standard InChI is InChI=1S/C28H28N4O3/c1-35-23-14-12-22(13-15-23)30-16-7-17-31(19-18-30)28(34)26-24-10-5-6-11-25(24)27(33)32(29-26)20-21-8-3-2-4-9-21/h2-6,8-15H,7,16-20H2,1H3. The Hall–Kier alpha value is -4.13. The first-order valence-corrected chi connectivity index (χ1v) is 11.9. The van der Waals surface area contributed by atoms with Crippen molar-refractivity contribution in [3.05, 3.63) is 100 Å². The molecule has 0 unspecified atom stereocenters. The minimum absolute atomic E-state index is 0.139. The van der Waals surface area contributed by atoms with E-state index in [0.29, 0.717) is 36.1 Å². The summed E-state index contributed by atoms with van der Waals surface area (Å²) >= 11 is 0. The highest BCUT2D eigenvalue weighted by Gasteiger charge is 2.25. The fourth-order valence-electron chi connectivity index (χ4n) is 4.58. The third-order valence-electron chi connectivity index (χ3n) is 6.47. The maximum absolute atomic E-state index is 13.7. The number of methoxy groups -OCH3 is 1. The molecule has 1 aliphatic rings. The average molecular weight is 469 g/mol. The van der Waals surface area contributed by atoms with Gasteiger partial charge in [0.2, 0.25) is 0 Å². The number of hydrogen-bond acceptors (Lipinski definition) is 5. The molecule has 35 heavy (non-hydrogen) atoms.